The molecule has 2 aromatic rings. The number of anilines is 1. The molecule has 98 valence electrons. The SMILES string of the molecule is Nc1cccc(OCC(=O)NCc2ccncc2)c1. The Morgan fingerprint density at radius 3 is 2.79 bits per heavy atom. The minimum Gasteiger partial charge on any atom is -0.484 e. The van der Waals surface area contributed by atoms with Crippen molar-refractivity contribution in [2.24, 2.45) is 0 Å². The fourth-order valence-electron chi connectivity index (χ4n) is 1.51. The first kappa shape index (κ1) is 12.9. The molecule has 19 heavy (non-hydrogen) atoms. The van der Waals surface area contributed by atoms with E-state index in [-0.39, 0.29) is 12.5 Å². The highest BCUT2D eigenvalue weighted by Crippen LogP contribution is 2.13. The van der Waals surface area contributed by atoms with E-state index in [1.54, 1.807) is 36.7 Å². The van der Waals surface area contributed by atoms with Gasteiger partial charge in [0.15, 0.2) is 6.61 Å². The third-order valence-corrected chi connectivity index (χ3v) is 2.47. The zero-order valence-electron chi connectivity index (χ0n) is 10.4. The van der Waals surface area contributed by atoms with Crippen molar-refractivity contribution in [1.82, 2.24) is 10.3 Å². The predicted octanol–water partition coefficient (Wildman–Crippen LogP) is 1.36. The van der Waals surface area contributed by atoms with Gasteiger partial charge in [-0.05, 0) is 29.8 Å². The molecule has 0 aliphatic carbocycles. The van der Waals surface area contributed by atoms with Crippen LogP contribution >= 0.6 is 0 Å². The van der Waals surface area contributed by atoms with Gasteiger partial charge in [0.25, 0.3) is 5.91 Å². The molecule has 0 bridgehead atoms. The zero-order valence-corrected chi connectivity index (χ0v) is 10.4. The van der Waals surface area contributed by atoms with Crippen LogP contribution in [0.15, 0.2) is 48.8 Å². The third kappa shape index (κ3) is 4.31. The van der Waals surface area contributed by atoms with Gasteiger partial charge in [-0.2, -0.15) is 0 Å². The molecule has 0 fully saturated rings. The van der Waals surface area contributed by atoms with E-state index in [1.165, 1.54) is 0 Å². The van der Waals surface area contributed by atoms with Crippen LogP contribution in [0.2, 0.25) is 0 Å². The van der Waals surface area contributed by atoms with Gasteiger partial charge in [0.1, 0.15) is 5.75 Å². The van der Waals surface area contributed by atoms with Gasteiger partial charge in [-0.1, -0.05) is 6.07 Å². The van der Waals surface area contributed by atoms with E-state index in [4.69, 9.17) is 10.5 Å². The lowest BCUT2D eigenvalue weighted by Gasteiger charge is -2.07. The third-order valence-electron chi connectivity index (χ3n) is 2.47. The van der Waals surface area contributed by atoms with Crippen LogP contribution in [0.3, 0.4) is 0 Å². The summed E-state index contributed by atoms with van der Waals surface area (Å²) in [7, 11) is 0. The molecular weight excluding hydrogens is 242 g/mol. The van der Waals surface area contributed by atoms with E-state index in [1.807, 2.05) is 12.1 Å². The van der Waals surface area contributed by atoms with Crippen molar-refractivity contribution in [2.75, 3.05) is 12.3 Å². The smallest absolute Gasteiger partial charge is 0.258 e. The molecule has 0 saturated heterocycles. The van der Waals surface area contributed by atoms with Crippen molar-refractivity contribution >= 4 is 11.6 Å². The maximum Gasteiger partial charge on any atom is 0.258 e. The molecule has 5 heteroatoms. The summed E-state index contributed by atoms with van der Waals surface area (Å²) in [4.78, 5) is 15.5. The molecule has 0 spiro atoms. The van der Waals surface area contributed by atoms with Crippen LogP contribution in [-0.4, -0.2) is 17.5 Å². The van der Waals surface area contributed by atoms with Crippen molar-refractivity contribution in [3.05, 3.63) is 54.4 Å². The van der Waals surface area contributed by atoms with Crippen molar-refractivity contribution in [1.29, 1.82) is 0 Å². The van der Waals surface area contributed by atoms with E-state index in [0.717, 1.165) is 5.56 Å². The van der Waals surface area contributed by atoms with Gasteiger partial charge in [-0.15, -0.1) is 0 Å². The average molecular weight is 257 g/mol. The van der Waals surface area contributed by atoms with E-state index in [2.05, 4.69) is 10.3 Å². The number of nitrogens with zero attached hydrogens (tertiary/aromatic N) is 1. The van der Waals surface area contributed by atoms with Crippen molar-refractivity contribution in [2.45, 2.75) is 6.54 Å². The van der Waals surface area contributed by atoms with Crippen LogP contribution < -0.4 is 15.8 Å². The number of carbonyl (C=O) groups excluding carboxylic acids is 1. The predicted molar refractivity (Wildman–Crippen MR) is 72.4 cm³/mol. The summed E-state index contributed by atoms with van der Waals surface area (Å²) in [6.45, 7) is 0.427. The first-order valence-corrected chi connectivity index (χ1v) is 5.88. The number of aromatic nitrogens is 1. The Bertz CT molecular complexity index is 543. The van der Waals surface area contributed by atoms with E-state index in [0.29, 0.717) is 18.0 Å². The summed E-state index contributed by atoms with van der Waals surface area (Å²) in [6, 6.07) is 10.7. The molecule has 0 aliphatic rings. The number of nitrogens with two attached hydrogens (primary N) is 1. The number of hydrogen-bond donors (Lipinski definition) is 2. The number of nitrogen functional groups attached to an aromatic ring is 1. The minimum absolute atomic E-state index is 0.0332. The second-order valence-electron chi connectivity index (χ2n) is 3.99. The molecule has 2 rings (SSSR count). The Balaban J connectivity index is 1.76. The molecule has 1 aromatic carbocycles. The lowest BCUT2D eigenvalue weighted by molar-refractivity contribution is -0.123. The molecule has 1 aromatic heterocycles. The molecule has 0 radical (unpaired) electrons. The summed E-state index contributed by atoms with van der Waals surface area (Å²) in [6.07, 6.45) is 3.37. The van der Waals surface area contributed by atoms with Gasteiger partial charge in [0.2, 0.25) is 0 Å². The lowest BCUT2D eigenvalue weighted by Crippen LogP contribution is -2.28. The quantitative estimate of drug-likeness (QED) is 0.793. The van der Waals surface area contributed by atoms with Gasteiger partial charge < -0.3 is 15.8 Å². The second kappa shape index (κ2) is 6.39. The van der Waals surface area contributed by atoms with Crippen LogP contribution in [0, 0.1) is 0 Å². The largest absolute Gasteiger partial charge is 0.484 e. The number of amides is 1. The minimum atomic E-state index is -0.181. The number of pyridine rings is 1. The Morgan fingerprint density at radius 2 is 2.05 bits per heavy atom. The highest BCUT2D eigenvalue weighted by Gasteiger charge is 2.02. The Hall–Kier alpha value is -2.56. The van der Waals surface area contributed by atoms with Crippen LogP contribution in [0.5, 0.6) is 5.75 Å². The molecule has 0 aliphatic heterocycles. The van der Waals surface area contributed by atoms with E-state index in [9.17, 15) is 4.79 Å². The van der Waals surface area contributed by atoms with Gasteiger partial charge in [-0.3, -0.25) is 9.78 Å². The molecule has 1 heterocycles. The van der Waals surface area contributed by atoms with Crippen molar-refractivity contribution in [3.8, 4) is 5.75 Å². The number of nitrogens with one attached hydrogen (secondary N) is 1. The lowest BCUT2D eigenvalue weighted by atomic mass is 10.3. The number of ether oxygens (including phenoxy) is 1. The van der Waals surface area contributed by atoms with Crippen LogP contribution in [-0.2, 0) is 11.3 Å². The molecule has 5 nitrogen and oxygen atoms in total. The molecular formula is C14H15N3O2. The summed E-state index contributed by atoms with van der Waals surface area (Å²) in [5, 5.41) is 2.76. The molecule has 1 amide bonds. The second-order valence-corrected chi connectivity index (χ2v) is 3.99. The Kier molecular flexibility index (Phi) is 4.34. The van der Waals surface area contributed by atoms with Crippen LogP contribution in [0.1, 0.15) is 5.56 Å². The van der Waals surface area contributed by atoms with E-state index < -0.39 is 0 Å². The van der Waals surface area contributed by atoms with Gasteiger partial charge >= 0.3 is 0 Å². The number of rotatable bonds is 5. The molecule has 3 N–H and O–H groups in total. The highest BCUT2D eigenvalue weighted by atomic mass is 16.5. The van der Waals surface area contributed by atoms with E-state index >= 15 is 0 Å². The van der Waals surface area contributed by atoms with Gasteiger partial charge in [-0.25, -0.2) is 0 Å². The zero-order chi connectivity index (χ0) is 13.5. The summed E-state index contributed by atoms with van der Waals surface area (Å²) >= 11 is 0. The number of carbonyl (C=O) groups is 1. The molecule has 0 atom stereocenters. The Morgan fingerprint density at radius 1 is 1.26 bits per heavy atom. The number of benzene rings is 1. The monoisotopic (exact) mass is 257 g/mol. The molecule has 0 saturated carbocycles. The van der Waals surface area contributed by atoms with Crippen molar-refractivity contribution < 1.29 is 9.53 Å². The standard InChI is InChI=1S/C14H15N3O2/c15-12-2-1-3-13(8-12)19-10-14(18)17-9-11-4-6-16-7-5-11/h1-8H,9-10,15H2,(H,17,18). The Labute approximate surface area is 111 Å². The molecule has 0 unspecified atom stereocenters. The number of hydrogen-bond acceptors (Lipinski definition) is 4. The summed E-state index contributed by atoms with van der Waals surface area (Å²) in [5.74, 6) is 0.401. The van der Waals surface area contributed by atoms with Crippen molar-refractivity contribution in [3.63, 3.8) is 0 Å². The summed E-state index contributed by atoms with van der Waals surface area (Å²) in [5.41, 5.74) is 7.21. The highest BCUT2D eigenvalue weighted by molar-refractivity contribution is 5.77. The van der Waals surface area contributed by atoms with Gasteiger partial charge in [0, 0.05) is 30.7 Å². The topological polar surface area (TPSA) is 77.2 Å². The maximum absolute atomic E-state index is 11.6. The fraction of sp³-hybridized carbons (Fsp3) is 0.143. The first-order chi connectivity index (χ1) is 9.24. The normalized spacial score (nSPS) is 9.89. The first-order valence-electron chi connectivity index (χ1n) is 5.88. The van der Waals surface area contributed by atoms with Crippen LogP contribution in [0.25, 0.3) is 0 Å². The fourth-order valence-corrected chi connectivity index (χ4v) is 1.51. The summed E-state index contributed by atoms with van der Waals surface area (Å²) < 4.78 is 5.33. The maximum atomic E-state index is 11.6. The van der Waals surface area contributed by atoms with Crippen LogP contribution in [0.4, 0.5) is 5.69 Å². The average Bonchev–Trinajstić information content (AvgIpc) is 2.44. The van der Waals surface area contributed by atoms with Gasteiger partial charge in [0.05, 0.1) is 0 Å².